The van der Waals surface area contributed by atoms with Gasteiger partial charge < -0.3 is 15.0 Å². The van der Waals surface area contributed by atoms with E-state index in [-0.39, 0.29) is 5.91 Å². The van der Waals surface area contributed by atoms with Gasteiger partial charge in [0.2, 0.25) is 0 Å². The Labute approximate surface area is 156 Å². The number of hydrogen-bond donors (Lipinski definition) is 2. The van der Waals surface area contributed by atoms with Crippen LogP contribution >= 0.6 is 0 Å². The van der Waals surface area contributed by atoms with E-state index in [1.54, 1.807) is 6.08 Å². The number of carbonyl (C=O) groups is 1. The van der Waals surface area contributed by atoms with Crippen molar-refractivity contribution in [3.63, 3.8) is 0 Å². The van der Waals surface area contributed by atoms with Crippen molar-refractivity contribution in [2.45, 2.75) is 19.9 Å². The number of rotatable bonds is 10. The van der Waals surface area contributed by atoms with Gasteiger partial charge in [-0.05, 0) is 48.7 Å². The monoisotopic (exact) mass is 353 g/mol. The maximum absolute atomic E-state index is 12.1. The lowest BCUT2D eigenvalue weighted by Gasteiger charge is -2.14. The molecule has 2 N–H and O–H groups in total. The van der Waals surface area contributed by atoms with Crippen molar-refractivity contribution in [2.75, 3.05) is 26.7 Å². The number of benzene rings is 2. The van der Waals surface area contributed by atoms with Crippen molar-refractivity contribution >= 4 is 5.91 Å². The molecule has 2 rings (SSSR count). The van der Waals surface area contributed by atoms with E-state index in [0.29, 0.717) is 19.7 Å². The molecule has 4 nitrogen and oxygen atoms in total. The molecule has 0 saturated carbocycles. The summed E-state index contributed by atoms with van der Waals surface area (Å²) in [5.41, 5.74) is 3.73. The zero-order chi connectivity index (χ0) is 18.8. The minimum absolute atomic E-state index is 0.0852. The molecular weight excluding hydrogens is 324 g/mol. The molecule has 138 valence electrons. The van der Waals surface area contributed by atoms with Crippen molar-refractivity contribution < 1.29 is 14.4 Å². The Morgan fingerprint density at radius 1 is 1.19 bits per heavy atom. The quantitative estimate of drug-likeness (QED) is 0.641. The predicted molar refractivity (Wildman–Crippen MR) is 105 cm³/mol. The smallest absolute Gasteiger partial charge is 0.275 e. The molecule has 1 atom stereocenters. The lowest BCUT2D eigenvalue weighted by Crippen LogP contribution is -3.08. The Balaban J connectivity index is 1.71. The van der Waals surface area contributed by atoms with Crippen LogP contribution in [0.1, 0.15) is 16.7 Å². The third kappa shape index (κ3) is 6.73. The third-order valence-corrected chi connectivity index (χ3v) is 4.24. The molecule has 0 fully saturated rings. The van der Waals surface area contributed by atoms with Crippen molar-refractivity contribution in [3.05, 3.63) is 77.9 Å². The largest absolute Gasteiger partial charge is 0.490 e. The highest BCUT2D eigenvalue weighted by Crippen LogP contribution is 2.11. The lowest BCUT2D eigenvalue weighted by molar-refractivity contribution is -0.885. The summed E-state index contributed by atoms with van der Waals surface area (Å²) in [6.07, 6.45) is 2.59. The van der Waals surface area contributed by atoms with Gasteiger partial charge in [0.25, 0.3) is 5.91 Å². The van der Waals surface area contributed by atoms with Crippen LogP contribution in [0.4, 0.5) is 0 Å². The fourth-order valence-electron chi connectivity index (χ4n) is 2.83. The summed E-state index contributed by atoms with van der Waals surface area (Å²) >= 11 is 0. The molecule has 0 radical (unpaired) electrons. The summed E-state index contributed by atoms with van der Waals surface area (Å²) < 4.78 is 5.48. The van der Waals surface area contributed by atoms with Crippen LogP contribution < -0.4 is 15.0 Å². The van der Waals surface area contributed by atoms with Crippen molar-refractivity contribution in [2.24, 2.45) is 0 Å². The molecular formula is C22H29N2O2+. The van der Waals surface area contributed by atoms with Gasteiger partial charge in [-0.25, -0.2) is 0 Å². The number of ether oxygens (including phenoxy) is 1. The minimum Gasteiger partial charge on any atom is -0.490 e. The van der Waals surface area contributed by atoms with E-state index < -0.39 is 0 Å². The number of likely N-dealkylation sites (N-methyl/N-ethyl adjacent to an activating group) is 1. The molecule has 1 unspecified atom stereocenters. The van der Waals surface area contributed by atoms with Crippen LogP contribution in [0.3, 0.4) is 0 Å². The first kappa shape index (κ1) is 19.7. The average molecular weight is 353 g/mol. The number of quaternary nitrogens is 1. The first-order valence-corrected chi connectivity index (χ1v) is 9.03. The zero-order valence-corrected chi connectivity index (χ0v) is 15.8. The van der Waals surface area contributed by atoms with Gasteiger partial charge in [0, 0.05) is 12.1 Å². The lowest BCUT2D eigenvalue weighted by atomic mass is 10.1. The number of carbonyl (C=O) groups excluding carboxylic acids is 1. The SMILES string of the molecule is C=CCOc1ccc(C[NH+](C)CC(=O)NCCc2ccccc2C)cc1. The average Bonchev–Trinajstić information content (AvgIpc) is 2.62. The van der Waals surface area contributed by atoms with Crippen LogP contribution in [-0.2, 0) is 17.8 Å². The van der Waals surface area contributed by atoms with Gasteiger partial charge in [0.05, 0.1) is 7.05 Å². The Hall–Kier alpha value is -2.59. The molecule has 0 aliphatic heterocycles. The van der Waals surface area contributed by atoms with Crippen LogP contribution in [0.15, 0.2) is 61.2 Å². The van der Waals surface area contributed by atoms with E-state index >= 15 is 0 Å². The maximum Gasteiger partial charge on any atom is 0.275 e. The second kappa shape index (κ2) is 10.4. The van der Waals surface area contributed by atoms with Crippen LogP contribution in [-0.4, -0.2) is 32.7 Å². The van der Waals surface area contributed by atoms with Crippen LogP contribution in [0, 0.1) is 6.92 Å². The molecule has 26 heavy (non-hydrogen) atoms. The molecule has 2 aromatic rings. The molecule has 0 aromatic heterocycles. The van der Waals surface area contributed by atoms with Gasteiger partial charge in [-0.3, -0.25) is 4.79 Å². The first-order valence-electron chi connectivity index (χ1n) is 9.03. The third-order valence-electron chi connectivity index (χ3n) is 4.24. The molecule has 4 heteroatoms. The number of nitrogens with one attached hydrogen (secondary N) is 2. The number of amides is 1. The highest BCUT2D eigenvalue weighted by Gasteiger charge is 2.10. The molecule has 2 aromatic carbocycles. The Kier molecular flexibility index (Phi) is 7.90. The summed E-state index contributed by atoms with van der Waals surface area (Å²) in [5.74, 6) is 0.919. The topological polar surface area (TPSA) is 42.8 Å². The molecule has 0 bridgehead atoms. The van der Waals surface area contributed by atoms with Gasteiger partial charge in [0.1, 0.15) is 18.9 Å². The van der Waals surface area contributed by atoms with E-state index in [1.165, 1.54) is 16.7 Å². The number of hydrogen-bond acceptors (Lipinski definition) is 2. The van der Waals surface area contributed by atoms with Crippen molar-refractivity contribution in [3.8, 4) is 5.75 Å². The summed E-state index contributed by atoms with van der Waals surface area (Å²) in [7, 11) is 2.03. The Morgan fingerprint density at radius 3 is 2.62 bits per heavy atom. The van der Waals surface area contributed by atoms with E-state index in [9.17, 15) is 4.79 Å². The van der Waals surface area contributed by atoms with Gasteiger partial charge in [-0.15, -0.1) is 0 Å². The molecule has 0 aliphatic carbocycles. The summed E-state index contributed by atoms with van der Waals surface area (Å²) in [4.78, 5) is 13.3. The van der Waals surface area contributed by atoms with E-state index in [2.05, 4.69) is 31.0 Å². The fourth-order valence-corrected chi connectivity index (χ4v) is 2.83. The molecule has 0 heterocycles. The van der Waals surface area contributed by atoms with Crippen LogP contribution in [0.2, 0.25) is 0 Å². The van der Waals surface area contributed by atoms with E-state index in [1.807, 2.05) is 43.4 Å². The van der Waals surface area contributed by atoms with Crippen LogP contribution in [0.25, 0.3) is 0 Å². The highest BCUT2D eigenvalue weighted by molar-refractivity contribution is 5.76. The van der Waals surface area contributed by atoms with Gasteiger partial charge in [-0.1, -0.05) is 36.9 Å². The summed E-state index contributed by atoms with van der Waals surface area (Å²) in [5, 5.41) is 3.02. The van der Waals surface area contributed by atoms with Crippen molar-refractivity contribution in [1.29, 1.82) is 0 Å². The molecule has 1 amide bonds. The van der Waals surface area contributed by atoms with Crippen molar-refractivity contribution in [1.82, 2.24) is 5.32 Å². The standard InChI is InChI=1S/C22H28N2O2/c1-4-15-26-21-11-9-19(10-12-21)16-24(3)17-22(25)23-14-13-20-8-6-5-7-18(20)2/h4-12H,1,13-17H2,2-3H3,(H,23,25)/p+1. The molecule has 0 spiro atoms. The second-order valence-corrected chi connectivity index (χ2v) is 6.58. The predicted octanol–water partition coefficient (Wildman–Crippen LogP) is 1.93. The van der Waals surface area contributed by atoms with E-state index in [0.717, 1.165) is 23.6 Å². The first-order chi connectivity index (χ1) is 12.6. The van der Waals surface area contributed by atoms with Gasteiger partial charge in [0.15, 0.2) is 6.54 Å². The normalized spacial score (nSPS) is 11.6. The zero-order valence-electron chi connectivity index (χ0n) is 15.8. The Morgan fingerprint density at radius 2 is 1.92 bits per heavy atom. The Bertz CT molecular complexity index is 710. The minimum atomic E-state index is 0.0852. The van der Waals surface area contributed by atoms with Gasteiger partial charge in [-0.2, -0.15) is 0 Å². The molecule has 0 saturated heterocycles. The van der Waals surface area contributed by atoms with Gasteiger partial charge >= 0.3 is 0 Å². The number of aryl methyl sites for hydroxylation is 1. The summed E-state index contributed by atoms with van der Waals surface area (Å²) in [6.45, 7) is 8.18. The summed E-state index contributed by atoms with van der Waals surface area (Å²) in [6, 6.07) is 16.3. The molecule has 0 aliphatic rings. The second-order valence-electron chi connectivity index (χ2n) is 6.58. The fraction of sp³-hybridized carbons (Fsp3) is 0.318. The highest BCUT2D eigenvalue weighted by atomic mass is 16.5. The van der Waals surface area contributed by atoms with E-state index in [4.69, 9.17) is 4.74 Å². The van der Waals surface area contributed by atoms with Crippen LogP contribution in [0.5, 0.6) is 5.75 Å². The maximum atomic E-state index is 12.1.